The van der Waals surface area contributed by atoms with Gasteiger partial charge in [0.2, 0.25) is 11.8 Å². The van der Waals surface area contributed by atoms with Crippen molar-refractivity contribution in [2.45, 2.75) is 53.1 Å². The van der Waals surface area contributed by atoms with E-state index >= 15 is 0 Å². The van der Waals surface area contributed by atoms with E-state index in [0.29, 0.717) is 45.1 Å². The van der Waals surface area contributed by atoms with Crippen LogP contribution < -0.4 is 14.8 Å². The van der Waals surface area contributed by atoms with E-state index in [2.05, 4.69) is 11.4 Å². The third-order valence-corrected chi connectivity index (χ3v) is 5.52. The van der Waals surface area contributed by atoms with E-state index in [1.807, 2.05) is 57.2 Å². The molecule has 1 atom stereocenters. The Morgan fingerprint density at radius 1 is 1.00 bits per heavy atom. The number of carbonyl (C=O) groups is 2. The number of fused-ring (bicyclic) bond motifs is 1. The Morgan fingerprint density at radius 2 is 1.75 bits per heavy atom. The lowest BCUT2D eigenvalue weighted by Crippen LogP contribution is -2.48. The number of hydrogen-bond donors (Lipinski definition) is 1. The molecule has 2 aromatic carbocycles. The van der Waals surface area contributed by atoms with Crippen LogP contribution in [0.4, 0.5) is 0 Å². The summed E-state index contributed by atoms with van der Waals surface area (Å²) in [4.78, 5) is 27.7. The normalized spacial score (nSPS) is 13.5. The Bertz CT molecular complexity index is 941. The molecule has 1 unspecified atom stereocenters. The standard InChI is InChI=1S/C26H34N2O4/c1-18(2)16-27-26(30)20(4)28(17-22-7-5-6-19(3)14-22)25(29)11-9-21-8-10-23-24(15-21)32-13-12-31-23/h5-8,10,14-15,18,20H,9,11-13,16-17H2,1-4H3,(H,27,30). The smallest absolute Gasteiger partial charge is 0.242 e. The van der Waals surface area contributed by atoms with Crippen molar-refractivity contribution < 1.29 is 19.1 Å². The molecule has 0 spiro atoms. The molecule has 0 saturated heterocycles. The SMILES string of the molecule is Cc1cccc(CN(C(=O)CCc2ccc3c(c2)OCCO3)C(C)C(=O)NCC(C)C)c1. The number of nitrogens with one attached hydrogen (secondary N) is 1. The summed E-state index contributed by atoms with van der Waals surface area (Å²) in [5.74, 6) is 1.64. The average Bonchev–Trinajstić information content (AvgIpc) is 2.78. The molecule has 2 amide bonds. The Kier molecular flexibility index (Phi) is 8.14. The summed E-state index contributed by atoms with van der Waals surface area (Å²) in [6, 6.07) is 13.3. The Morgan fingerprint density at radius 3 is 2.47 bits per heavy atom. The van der Waals surface area contributed by atoms with Gasteiger partial charge in [-0.05, 0) is 49.4 Å². The van der Waals surface area contributed by atoms with Crippen molar-refractivity contribution in [3.05, 3.63) is 59.2 Å². The maximum atomic E-state index is 13.3. The summed E-state index contributed by atoms with van der Waals surface area (Å²) in [6.45, 7) is 9.99. The first kappa shape index (κ1) is 23.6. The largest absolute Gasteiger partial charge is 0.486 e. The monoisotopic (exact) mass is 438 g/mol. The van der Waals surface area contributed by atoms with Crippen LogP contribution in [0.2, 0.25) is 0 Å². The van der Waals surface area contributed by atoms with Crippen LogP contribution in [-0.4, -0.2) is 42.5 Å². The predicted molar refractivity (Wildman–Crippen MR) is 125 cm³/mol. The Labute approximate surface area is 190 Å². The van der Waals surface area contributed by atoms with E-state index in [1.54, 1.807) is 11.8 Å². The van der Waals surface area contributed by atoms with Crippen molar-refractivity contribution in [2.24, 2.45) is 5.92 Å². The van der Waals surface area contributed by atoms with Gasteiger partial charge in [0.15, 0.2) is 11.5 Å². The van der Waals surface area contributed by atoms with Gasteiger partial charge in [0.05, 0.1) is 0 Å². The number of benzene rings is 2. The summed E-state index contributed by atoms with van der Waals surface area (Å²) < 4.78 is 11.2. The number of ether oxygens (including phenoxy) is 2. The molecule has 32 heavy (non-hydrogen) atoms. The summed E-state index contributed by atoms with van der Waals surface area (Å²) in [7, 11) is 0. The number of rotatable bonds is 9. The van der Waals surface area contributed by atoms with E-state index in [-0.39, 0.29) is 11.8 Å². The molecule has 6 nitrogen and oxygen atoms in total. The van der Waals surface area contributed by atoms with Gasteiger partial charge in [-0.15, -0.1) is 0 Å². The van der Waals surface area contributed by atoms with Gasteiger partial charge in [-0.1, -0.05) is 49.7 Å². The highest BCUT2D eigenvalue weighted by Crippen LogP contribution is 2.31. The highest BCUT2D eigenvalue weighted by atomic mass is 16.6. The molecule has 1 heterocycles. The summed E-state index contributed by atoms with van der Waals surface area (Å²) in [5.41, 5.74) is 3.15. The first-order valence-corrected chi connectivity index (χ1v) is 11.3. The second-order valence-corrected chi connectivity index (χ2v) is 8.80. The molecule has 1 aliphatic heterocycles. The average molecular weight is 439 g/mol. The summed E-state index contributed by atoms with van der Waals surface area (Å²) in [6.07, 6.45) is 0.882. The van der Waals surface area contributed by atoms with Gasteiger partial charge in [0.25, 0.3) is 0 Å². The van der Waals surface area contributed by atoms with Gasteiger partial charge in [-0.2, -0.15) is 0 Å². The van der Waals surface area contributed by atoms with Gasteiger partial charge >= 0.3 is 0 Å². The fourth-order valence-electron chi connectivity index (χ4n) is 3.68. The van der Waals surface area contributed by atoms with Gasteiger partial charge in [-0.3, -0.25) is 9.59 Å². The van der Waals surface area contributed by atoms with Crippen LogP contribution in [0.1, 0.15) is 43.9 Å². The molecular formula is C26H34N2O4. The highest BCUT2D eigenvalue weighted by Gasteiger charge is 2.26. The lowest BCUT2D eigenvalue weighted by Gasteiger charge is -2.29. The van der Waals surface area contributed by atoms with E-state index in [0.717, 1.165) is 28.2 Å². The summed E-state index contributed by atoms with van der Waals surface area (Å²) in [5, 5.41) is 2.96. The molecule has 0 saturated carbocycles. The van der Waals surface area contributed by atoms with Gasteiger partial charge in [0, 0.05) is 19.5 Å². The Balaban J connectivity index is 1.70. The third-order valence-electron chi connectivity index (χ3n) is 5.52. The first-order chi connectivity index (χ1) is 15.3. The quantitative estimate of drug-likeness (QED) is 0.645. The zero-order chi connectivity index (χ0) is 23.1. The minimum atomic E-state index is -0.554. The van der Waals surface area contributed by atoms with Crippen molar-refractivity contribution in [3.63, 3.8) is 0 Å². The van der Waals surface area contributed by atoms with Gasteiger partial charge in [-0.25, -0.2) is 0 Å². The molecule has 2 aromatic rings. The minimum absolute atomic E-state index is 0.0476. The maximum Gasteiger partial charge on any atom is 0.242 e. The first-order valence-electron chi connectivity index (χ1n) is 11.3. The van der Waals surface area contributed by atoms with Gasteiger partial charge < -0.3 is 19.7 Å². The molecule has 0 fully saturated rings. The highest BCUT2D eigenvalue weighted by molar-refractivity contribution is 5.87. The number of amides is 2. The molecule has 0 aromatic heterocycles. The van der Waals surface area contributed by atoms with Crippen molar-refractivity contribution in [3.8, 4) is 11.5 Å². The fourth-order valence-corrected chi connectivity index (χ4v) is 3.68. The van der Waals surface area contributed by atoms with Crippen LogP contribution in [-0.2, 0) is 22.6 Å². The molecule has 1 N–H and O–H groups in total. The molecule has 172 valence electrons. The molecule has 3 rings (SSSR count). The van der Waals surface area contributed by atoms with Crippen LogP contribution in [0.3, 0.4) is 0 Å². The van der Waals surface area contributed by atoms with Crippen LogP contribution >= 0.6 is 0 Å². The molecule has 1 aliphatic rings. The lowest BCUT2D eigenvalue weighted by molar-refractivity contribution is -0.140. The van der Waals surface area contributed by atoms with E-state index < -0.39 is 6.04 Å². The molecule has 6 heteroatoms. The third kappa shape index (κ3) is 6.49. The van der Waals surface area contributed by atoms with Crippen LogP contribution in [0.5, 0.6) is 11.5 Å². The predicted octanol–water partition coefficient (Wildman–Crippen LogP) is 3.89. The van der Waals surface area contributed by atoms with Crippen LogP contribution in [0, 0.1) is 12.8 Å². The van der Waals surface area contributed by atoms with Crippen molar-refractivity contribution >= 4 is 11.8 Å². The zero-order valence-corrected chi connectivity index (χ0v) is 19.5. The van der Waals surface area contributed by atoms with Crippen LogP contribution in [0.15, 0.2) is 42.5 Å². The maximum absolute atomic E-state index is 13.3. The molecule has 0 radical (unpaired) electrons. The second kappa shape index (κ2) is 11.0. The molecule has 0 bridgehead atoms. The van der Waals surface area contributed by atoms with Gasteiger partial charge in [0.1, 0.15) is 19.3 Å². The summed E-state index contributed by atoms with van der Waals surface area (Å²) >= 11 is 0. The van der Waals surface area contributed by atoms with Crippen LogP contribution in [0.25, 0.3) is 0 Å². The minimum Gasteiger partial charge on any atom is -0.486 e. The molecule has 0 aliphatic carbocycles. The molecular weight excluding hydrogens is 404 g/mol. The Hall–Kier alpha value is -3.02. The number of nitrogens with zero attached hydrogens (tertiary/aromatic N) is 1. The topological polar surface area (TPSA) is 67.9 Å². The second-order valence-electron chi connectivity index (χ2n) is 8.80. The van der Waals surface area contributed by atoms with Crippen molar-refractivity contribution in [2.75, 3.05) is 19.8 Å². The van der Waals surface area contributed by atoms with E-state index in [4.69, 9.17) is 9.47 Å². The number of carbonyl (C=O) groups excluding carboxylic acids is 2. The van der Waals surface area contributed by atoms with Crippen molar-refractivity contribution in [1.29, 1.82) is 0 Å². The zero-order valence-electron chi connectivity index (χ0n) is 19.5. The van der Waals surface area contributed by atoms with E-state index in [9.17, 15) is 9.59 Å². The lowest BCUT2D eigenvalue weighted by atomic mass is 10.1. The number of aryl methyl sites for hydroxylation is 2. The fraction of sp³-hybridized carbons (Fsp3) is 0.462. The van der Waals surface area contributed by atoms with Crippen molar-refractivity contribution in [1.82, 2.24) is 10.2 Å². The van der Waals surface area contributed by atoms with E-state index in [1.165, 1.54) is 0 Å². The number of hydrogen-bond acceptors (Lipinski definition) is 4.